The van der Waals surface area contributed by atoms with Gasteiger partial charge in [-0.1, -0.05) is 49.7 Å². The number of benzene rings is 3. The number of halogens is 5. The van der Waals surface area contributed by atoms with Gasteiger partial charge >= 0.3 is 6.36 Å². The number of unbranched alkanes of at least 4 members (excludes halogenated alkanes) is 1. The Labute approximate surface area is 177 Å². The van der Waals surface area contributed by atoms with Gasteiger partial charge in [-0.05, 0) is 76.8 Å². The molecule has 3 aromatic carbocycles. The van der Waals surface area contributed by atoms with Crippen LogP contribution in [0, 0.1) is 11.6 Å². The quantitative estimate of drug-likeness (QED) is 0.377. The van der Waals surface area contributed by atoms with E-state index in [2.05, 4.69) is 29.9 Å². The van der Waals surface area contributed by atoms with Crippen molar-refractivity contribution in [3.05, 3.63) is 76.9 Å². The van der Waals surface area contributed by atoms with E-state index in [0.29, 0.717) is 5.56 Å². The molecule has 0 fully saturated rings. The van der Waals surface area contributed by atoms with E-state index in [1.54, 1.807) is 6.07 Å². The van der Waals surface area contributed by atoms with E-state index in [9.17, 15) is 22.0 Å². The molecule has 0 amide bonds. The molecule has 0 unspecified atom stereocenters. The third-order valence-electron chi connectivity index (χ3n) is 5.60. The maximum absolute atomic E-state index is 14.1. The van der Waals surface area contributed by atoms with Gasteiger partial charge in [0.1, 0.15) is 0 Å². The topological polar surface area (TPSA) is 9.23 Å². The molecule has 0 spiro atoms. The molecule has 0 saturated carbocycles. The average Bonchev–Trinajstić information content (AvgIpc) is 2.73. The lowest BCUT2D eigenvalue weighted by Crippen LogP contribution is -2.19. The smallest absolute Gasteiger partial charge is 0.399 e. The van der Waals surface area contributed by atoms with Gasteiger partial charge in [-0.2, -0.15) is 0 Å². The van der Waals surface area contributed by atoms with E-state index in [1.165, 1.54) is 11.1 Å². The van der Waals surface area contributed by atoms with Gasteiger partial charge in [-0.15, -0.1) is 13.2 Å². The van der Waals surface area contributed by atoms with E-state index in [-0.39, 0.29) is 5.56 Å². The van der Waals surface area contributed by atoms with Gasteiger partial charge in [0, 0.05) is 0 Å². The van der Waals surface area contributed by atoms with E-state index in [1.807, 2.05) is 12.1 Å². The summed E-state index contributed by atoms with van der Waals surface area (Å²) in [7, 11) is 0. The highest BCUT2D eigenvalue weighted by Crippen LogP contribution is 2.38. The summed E-state index contributed by atoms with van der Waals surface area (Å²) in [6.07, 6.45) is -0.161. The third-order valence-corrected chi connectivity index (χ3v) is 5.60. The SMILES string of the molecule is CCCCc1ccc2c(c1)CCc1cc(-c3cc(F)c(OC(F)(F)F)c(F)c3)ccc1-2. The largest absolute Gasteiger partial charge is 0.573 e. The monoisotopic (exact) mass is 432 g/mol. The molecule has 0 bridgehead atoms. The van der Waals surface area contributed by atoms with Gasteiger partial charge in [-0.25, -0.2) is 8.78 Å². The summed E-state index contributed by atoms with van der Waals surface area (Å²) >= 11 is 0. The maximum Gasteiger partial charge on any atom is 0.573 e. The number of alkyl halides is 3. The standard InChI is InChI=1S/C25H21F5O/c1-2-3-4-15-5-9-20-17(11-15)6-7-18-12-16(8-10-21(18)20)19-13-22(26)24(23(27)14-19)31-25(28,29)30/h5,8-14H,2-4,6-7H2,1H3. The van der Waals surface area contributed by atoms with Crippen LogP contribution in [0.25, 0.3) is 22.3 Å². The van der Waals surface area contributed by atoms with Crippen molar-refractivity contribution in [1.82, 2.24) is 0 Å². The lowest BCUT2D eigenvalue weighted by Gasteiger charge is -2.22. The summed E-state index contributed by atoms with van der Waals surface area (Å²) in [4.78, 5) is 0. The molecule has 1 nitrogen and oxygen atoms in total. The van der Waals surface area contributed by atoms with Gasteiger partial charge in [0.2, 0.25) is 5.75 Å². The molecule has 31 heavy (non-hydrogen) atoms. The van der Waals surface area contributed by atoms with Crippen LogP contribution in [0.15, 0.2) is 48.5 Å². The Kier molecular flexibility index (Phi) is 5.73. The number of rotatable bonds is 5. The molecule has 3 aromatic rings. The van der Waals surface area contributed by atoms with Crippen LogP contribution in [0.1, 0.15) is 36.5 Å². The van der Waals surface area contributed by atoms with Crippen molar-refractivity contribution >= 4 is 0 Å². The molecule has 0 aromatic heterocycles. The second-order valence-corrected chi connectivity index (χ2v) is 7.78. The minimum Gasteiger partial charge on any atom is -0.399 e. The summed E-state index contributed by atoms with van der Waals surface area (Å²) in [6.45, 7) is 2.17. The molecule has 0 heterocycles. The lowest BCUT2D eigenvalue weighted by atomic mass is 9.83. The minimum absolute atomic E-state index is 0.160. The van der Waals surface area contributed by atoms with Crippen LogP contribution in [-0.2, 0) is 19.3 Å². The van der Waals surface area contributed by atoms with Crippen molar-refractivity contribution in [3.63, 3.8) is 0 Å². The van der Waals surface area contributed by atoms with Crippen LogP contribution in [0.5, 0.6) is 5.75 Å². The third kappa shape index (κ3) is 4.58. The first-order valence-electron chi connectivity index (χ1n) is 10.3. The first-order chi connectivity index (χ1) is 14.7. The van der Waals surface area contributed by atoms with E-state index < -0.39 is 23.7 Å². The molecule has 6 heteroatoms. The van der Waals surface area contributed by atoms with Gasteiger partial charge in [0.25, 0.3) is 0 Å². The fourth-order valence-corrected chi connectivity index (χ4v) is 4.11. The normalized spacial score (nSPS) is 13.0. The summed E-state index contributed by atoms with van der Waals surface area (Å²) in [5.74, 6) is -4.23. The lowest BCUT2D eigenvalue weighted by molar-refractivity contribution is -0.276. The van der Waals surface area contributed by atoms with E-state index in [0.717, 1.165) is 60.9 Å². The highest BCUT2D eigenvalue weighted by molar-refractivity contribution is 5.77. The van der Waals surface area contributed by atoms with Crippen molar-refractivity contribution in [3.8, 4) is 28.0 Å². The predicted octanol–water partition coefficient (Wildman–Crippen LogP) is 7.64. The second kappa shape index (κ2) is 8.33. The minimum atomic E-state index is -5.17. The highest BCUT2D eigenvalue weighted by Gasteiger charge is 2.34. The number of aryl methyl sites for hydroxylation is 3. The van der Waals surface area contributed by atoms with E-state index >= 15 is 0 Å². The maximum atomic E-state index is 14.1. The Bertz CT molecular complexity index is 1090. The molecule has 4 rings (SSSR count). The first-order valence-corrected chi connectivity index (χ1v) is 10.3. The van der Waals surface area contributed by atoms with Crippen LogP contribution in [0.3, 0.4) is 0 Å². The predicted molar refractivity (Wildman–Crippen MR) is 110 cm³/mol. The zero-order chi connectivity index (χ0) is 22.2. The van der Waals surface area contributed by atoms with Crippen molar-refractivity contribution in [2.24, 2.45) is 0 Å². The Morgan fingerprint density at radius 3 is 2.03 bits per heavy atom. The molecule has 162 valence electrons. The van der Waals surface area contributed by atoms with Gasteiger partial charge in [-0.3, -0.25) is 0 Å². The zero-order valence-corrected chi connectivity index (χ0v) is 17.0. The molecule has 0 N–H and O–H groups in total. The van der Waals surface area contributed by atoms with Gasteiger partial charge in [0.05, 0.1) is 0 Å². The van der Waals surface area contributed by atoms with Crippen molar-refractivity contribution in [1.29, 1.82) is 0 Å². The summed E-state index contributed by atoms with van der Waals surface area (Å²) < 4.78 is 68.8. The Balaban J connectivity index is 1.66. The van der Waals surface area contributed by atoms with E-state index in [4.69, 9.17) is 0 Å². The fraction of sp³-hybridized carbons (Fsp3) is 0.280. The first kappa shape index (κ1) is 21.3. The Morgan fingerprint density at radius 1 is 0.806 bits per heavy atom. The van der Waals surface area contributed by atoms with Crippen LogP contribution in [0.2, 0.25) is 0 Å². The molecule has 1 aliphatic rings. The van der Waals surface area contributed by atoms with Crippen molar-refractivity contribution in [2.45, 2.75) is 45.4 Å². The van der Waals surface area contributed by atoms with Crippen LogP contribution < -0.4 is 4.74 Å². The fourth-order valence-electron chi connectivity index (χ4n) is 4.11. The Morgan fingerprint density at radius 2 is 1.42 bits per heavy atom. The molecular formula is C25H21F5O. The molecule has 0 saturated heterocycles. The van der Waals surface area contributed by atoms with Crippen molar-refractivity contribution in [2.75, 3.05) is 0 Å². The van der Waals surface area contributed by atoms with Gasteiger partial charge in [0.15, 0.2) is 11.6 Å². The molecule has 0 atom stereocenters. The highest BCUT2D eigenvalue weighted by atomic mass is 19.4. The second-order valence-electron chi connectivity index (χ2n) is 7.78. The Hall–Kier alpha value is -2.89. The number of hydrogen-bond acceptors (Lipinski definition) is 1. The number of fused-ring (bicyclic) bond motifs is 3. The summed E-state index contributed by atoms with van der Waals surface area (Å²) in [5.41, 5.74) is 6.59. The van der Waals surface area contributed by atoms with Crippen LogP contribution in [-0.4, -0.2) is 6.36 Å². The molecular weight excluding hydrogens is 411 g/mol. The number of ether oxygens (including phenoxy) is 1. The summed E-state index contributed by atoms with van der Waals surface area (Å²) in [5, 5.41) is 0. The van der Waals surface area contributed by atoms with Crippen LogP contribution in [0.4, 0.5) is 22.0 Å². The number of hydrogen-bond donors (Lipinski definition) is 0. The summed E-state index contributed by atoms with van der Waals surface area (Å²) in [6, 6.07) is 13.7. The molecule has 1 aliphatic carbocycles. The zero-order valence-electron chi connectivity index (χ0n) is 17.0. The molecule has 0 aliphatic heterocycles. The average molecular weight is 432 g/mol. The molecule has 0 radical (unpaired) electrons. The van der Waals surface area contributed by atoms with Crippen LogP contribution >= 0.6 is 0 Å². The van der Waals surface area contributed by atoms with Crippen molar-refractivity contribution < 1.29 is 26.7 Å². The van der Waals surface area contributed by atoms with Gasteiger partial charge < -0.3 is 4.74 Å².